The number of Topliss-reactive ketones (excluding diaryl/α,β-unsaturated/α-hetero) is 1. The molecule has 0 aromatic heterocycles. The molecule has 2 aromatic carbocycles. The molecule has 3 rings (SSSR count). The quantitative estimate of drug-likeness (QED) is 0.641. The molecule has 0 saturated heterocycles. The van der Waals surface area contributed by atoms with Crippen LogP contribution in [0.2, 0.25) is 0 Å². The second kappa shape index (κ2) is 6.12. The zero-order chi connectivity index (χ0) is 16.4. The van der Waals surface area contributed by atoms with E-state index in [9.17, 15) is 9.59 Å². The van der Waals surface area contributed by atoms with Crippen LogP contribution >= 0.6 is 0 Å². The van der Waals surface area contributed by atoms with Crippen molar-refractivity contribution in [3.05, 3.63) is 58.7 Å². The van der Waals surface area contributed by atoms with Gasteiger partial charge in [0.2, 0.25) is 6.79 Å². The molecule has 5 heteroatoms. The fraction of sp³-hybridized carbons (Fsp3) is 0.222. The normalized spacial score (nSPS) is 12.1. The van der Waals surface area contributed by atoms with E-state index in [1.807, 2.05) is 26.0 Å². The zero-order valence-electron chi connectivity index (χ0n) is 12.9. The van der Waals surface area contributed by atoms with E-state index >= 15 is 0 Å². The minimum atomic E-state index is -0.503. The highest BCUT2D eigenvalue weighted by atomic mass is 16.7. The number of ether oxygens (including phenoxy) is 3. The number of esters is 1. The lowest BCUT2D eigenvalue weighted by molar-refractivity contribution is 0.0474. The molecule has 2 aromatic rings. The van der Waals surface area contributed by atoms with Crippen molar-refractivity contribution in [1.29, 1.82) is 0 Å². The molecule has 0 N–H and O–H groups in total. The molecule has 0 fully saturated rings. The van der Waals surface area contributed by atoms with Gasteiger partial charge in [0, 0.05) is 5.56 Å². The Labute approximate surface area is 133 Å². The molecule has 0 unspecified atom stereocenters. The number of carbonyl (C=O) groups is 2. The third kappa shape index (κ3) is 3.18. The number of carbonyl (C=O) groups excluding carboxylic acids is 2. The van der Waals surface area contributed by atoms with E-state index in [0.29, 0.717) is 22.6 Å². The molecule has 0 aliphatic carbocycles. The first kappa shape index (κ1) is 15.1. The monoisotopic (exact) mass is 312 g/mol. The summed E-state index contributed by atoms with van der Waals surface area (Å²) in [5.74, 6) is 0.336. The van der Waals surface area contributed by atoms with E-state index in [4.69, 9.17) is 14.2 Å². The molecule has 1 heterocycles. The smallest absolute Gasteiger partial charge is 0.338 e. The summed E-state index contributed by atoms with van der Waals surface area (Å²) in [7, 11) is 0. The first-order chi connectivity index (χ1) is 11.0. The Balaban J connectivity index is 1.65. The molecule has 0 radical (unpaired) electrons. The number of aryl methyl sites for hydroxylation is 2. The van der Waals surface area contributed by atoms with Crippen molar-refractivity contribution < 1.29 is 23.8 Å². The van der Waals surface area contributed by atoms with E-state index in [-0.39, 0.29) is 19.2 Å². The molecular weight excluding hydrogens is 296 g/mol. The van der Waals surface area contributed by atoms with Gasteiger partial charge >= 0.3 is 5.97 Å². The third-order valence-corrected chi connectivity index (χ3v) is 3.63. The van der Waals surface area contributed by atoms with Crippen molar-refractivity contribution >= 4 is 11.8 Å². The van der Waals surface area contributed by atoms with Gasteiger partial charge in [-0.2, -0.15) is 0 Å². The summed E-state index contributed by atoms with van der Waals surface area (Å²) in [5.41, 5.74) is 2.78. The van der Waals surface area contributed by atoms with Gasteiger partial charge in [-0.05, 0) is 43.7 Å². The van der Waals surface area contributed by atoms with E-state index < -0.39 is 5.97 Å². The summed E-state index contributed by atoms with van der Waals surface area (Å²) in [6.07, 6.45) is 0. The number of fused-ring (bicyclic) bond motifs is 1. The van der Waals surface area contributed by atoms with Crippen molar-refractivity contribution in [2.75, 3.05) is 13.4 Å². The molecule has 0 spiro atoms. The van der Waals surface area contributed by atoms with Crippen LogP contribution in [0, 0.1) is 13.8 Å². The van der Waals surface area contributed by atoms with Crippen molar-refractivity contribution in [3.8, 4) is 11.5 Å². The summed E-state index contributed by atoms with van der Waals surface area (Å²) in [6, 6.07) is 10.3. The maximum Gasteiger partial charge on any atom is 0.338 e. The lowest BCUT2D eigenvalue weighted by atomic mass is 10.1. The SMILES string of the molecule is Cc1ccc(C(=O)OCC(=O)c2ccc3c(c2)OCO3)c(C)c1. The van der Waals surface area contributed by atoms with Crippen molar-refractivity contribution in [2.24, 2.45) is 0 Å². The van der Waals surface area contributed by atoms with E-state index in [1.54, 1.807) is 24.3 Å². The Morgan fingerprint density at radius 3 is 2.61 bits per heavy atom. The molecule has 0 atom stereocenters. The Morgan fingerprint density at radius 2 is 1.83 bits per heavy atom. The fourth-order valence-corrected chi connectivity index (χ4v) is 2.40. The standard InChI is InChI=1S/C18H16O5/c1-11-3-5-14(12(2)7-11)18(20)21-9-15(19)13-4-6-16-17(8-13)23-10-22-16/h3-8H,9-10H2,1-2H3. The highest BCUT2D eigenvalue weighted by molar-refractivity contribution is 6.00. The van der Waals surface area contributed by atoms with Crippen LogP contribution < -0.4 is 9.47 Å². The lowest BCUT2D eigenvalue weighted by Crippen LogP contribution is -2.15. The molecule has 0 saturated carbocycles. The van der Waals surface area contributed by atoms with Crippen LogP contribution in [0.25, 0.3) is 0 Å². The van der Waals surface area contributed by atoms with Crippen LogP contribution in [0.4, 0.5) is 0 Å². The van der Waals surface area contributed by atoms with E-state index in [2.05, 4.69) is 0 Å². The maximum atomic E-state index is 12.1. The lowest BCUT2D eigenvalue weighted by Gasteiger charge is -2.08. The zero-order valence-corrected chi connectivity index (χ0v) is 12.9. The minimum absolute atomic E-state index is 0.147. The molecule has 1 aliphatic heterocycles. The van der Waals surface area contributed by atoms with Gasteiger partial charge in [0.1, 0.15) is 0 Å². The molecule has 1 aliphatic rings. The van der Waals surface area contributed by atoms with Crippen LogP contribution in [-0.2, 0) is 4.74 Å². The van der Waals surface area contributed by atoms with Gasteiger partial charge in [-0.15, -0.1) is 0 Å². The first-order valence-corrected chi connectivity index (χ1v) is 7.22. The van der Waals surface area contributed by atoms with E-state index in [1.165, 1.54) is 0 Å². The largest absolute Gasteiger partial charge is 0.454 e. The van der Waals surface area contributed by atoms with Gasteiger partial charge in [-0.3, -0.25) is 4.79 Å². The number of hydrogen-bond donors (Lipinski definition) is 0. The van der Waals surface area contributed by atoms with Crippen molar-refractivity contribution in [3.63, 3.8) is 0 Å². The van der Waals surface area contributed by atoms with Crippen LogP contribution in [0.15, 0.2) is 36.4 Å². The Morgan fingerprint density at radius 1 is 1.04 bits per heavy atom. The predicted molar refractivity (Wildman–Crippen MR) is 83.1 cm³/mol. The maximum absolute atomic E-state index is 12.1. The van der Waals surface area contributed by atoms with Crippen molar-refractivity contribution in [1.82, 2.24) is 0 Å². The Hall–Kier alpha value is -2.82. The molecular formula is C18H16O5. The van der Waals surface area contributed by atoms with Gasteiger partial charge in [-0.1, -0.05) is 17.7 Å². The summed E-state index contributed by atoms with van der Waals surface area (Å²) in [6.45, 7) is 3.62. The van der Waals surface area contributed by atoms with Gasteiger partial charge in [0.05, 0.1) is 5.56 Å². The van der Waals surface area contributed by atoms with Gasteiger partial charge in [-0.25, -0.2) is 4.79 Å². The topological polar surface area (TPSA) is 61.8 Å². The number of rotatable bonds is 4. The van der Waals surface area contributed by atoms with E-state index in [0.717, 1.165) is 11.1 Å². The highest BCUT2D eigenvalue weighted by Crippen LogP contribution is 2.32. The average Bonchev–Trinajstić information content (AvgIpc) is 2.99. The second-order valence-electron chi connectivity index (χ2n) is 5.39. The highest BCUT2D eigenvalue weighted by Gasteiger charge is 2.18. The summed E-state index contributed by atoms with van der Waals surface area (Å²) in [5, 5.41) is 0. The summed E-state index contributed by atoms with van der Waals surface area (Å²) < 4.78 is 15.5. The molecule has 5 nitrogen and oxygen atoms in total. The molecule has 0 amide bonds. The van der Waals surface area contributed by atoms with Gasteiger partial charge in [0.15, 0.2) is 23.9 Å². The molecule has 23 heavy (non-hydrogen) atoms. The van der Waals surface area contributed by atoms with Gasteiger partial charge < -0.3 is 14.2 Å². The van der Waals surface area contributed by atoms with Crippen LogP contribution in [-0.4, -0.2) is 25.2 Å². The fourth-order valence-electron chi connectivity index (χ4n) is 2.40. The summed E-state index contributed by atoms with van der Waals surface area (Å²) in [4.78, 5) is 24.2. The van der Waals surface area contributed by atoms with Crippen LogP contribution in [0.1, 0.15) is 31.8 Å². The average molecular weight is 312 g/mol. The number of ketones is 1. The number of hydrogen-bond acceptors (Lipinski definition) is 5. The minimum Gasteiger partial charge on any atom is -0.454 e. The second-order valence-corrected chi connectivity index (χ2v) is 5.39. The third-order valence-electron chi connectivity index (χ3n) is 3.63. The van der Waals surface area contributed by atoms with Gasteiger partial charge in [0.25, 0.3) is 0 Å². The first-order valence-electron chi connectivity index (χ1n) is 7.22. The molecule has 0 bridgehead atoms. The predicted octanol–water partition coefficient (Wildman–Crippen LogP) is 3.07. The Bertz CT molecular complexity index is 779. The number of benzene rings is 2. The van der Waals surface area contributed by atoms with Crippen LogP contribution in [0.3, 0.4) is 0 Å². The van der Waals surface area contributed by atoms with Crippen molar-refractivity contribution in [2.45, 2.75) is 13.8 Å². The summed E-state index contributed by atoms with van der Waals surface area (Å²) >= 11 is 0. The molecule has 118 valence electrons. The van der Waals surface area contributed by atoms with Crippen LogP contribution in [0.5, 0.6) is 11.5 Å². The Kier molecular flexibility index (Phi) is 4.02.